The zero-order chi connectivity index (χ0) is 28.9. The Hall–Kier alpha value is -3.39. The van der Waals surface area contributed by atoms with Crippen LogP contribution in [0.5, 0.6) is 5.75 Å². The lowest BCUT2D eigenvalue weighted by Crippen LogP contribution is -2.42. The molecule has 0 spiro atoms. The van der Waals surface area contributed by atoms with Gasteiger partial charge in [-0.3, -0.25) is 9.69 Å². The Morgan fingerprint density at radius 1 is 1.29 bits per heavy atom. The van der Waals surface area contributed by atoms with Crippen molar-refractivity contribution in [2.24, 2.45) is 0 Å². The highest BCUT2D eigenvalue weighted by atomic mass is 32.1. The second-order valence-corrected chi connectivity index (χ2v) is 10.7. The van der Waals surface area contributed by atoms with Crippen LogP contribution in [-0.4, -0.2) is 89.5 Å². The fourth-order valence-corrected chi connectivity index (χ4v) is 4.93. The molecule has 0 radical (unpaired) electrons. The minimum absolute atomic E-state index is 0. The van der Waals surface area contributed by atoms with Crippen LogP contribution in [-0.2, 0) is 24.3 Å². The van der Waals surface area contributed by atoms with Crippen LogP contribution in [0.1, 0.15) is 45.6 Å². The molecule has 4 heterocycles. The number of oxazole rings is 1. The quantitative estimate of drug-likeness (QED) is 0.282. The minimum atomic E-state index is -0.723. The molecule has 3 aromatic rings. The number of aryl methyl sites for hydroxylation is 1. The van der Waals surface area contributed by atoms with Crippen LogP contribution in [0.3, 0.4) is 0 Å². The van der Waals surface area contributed by atoms with E-state index < -0.39 is 6.10 Å². The number of anilines is 2. The summed E-state index contributed by atoms with van der Waals surface area (Å²) in [5, 5.41) is 16.9. The molecule has 12 nitrogen and oxygen atoms in total. The number of aliphatic hydroxyl groups is 1. The van der Waals surface area contributed by atoms with Crippen molar-refractivity contribution in [2.45, 2.75) is 52.5 Å². The summed E-state index contributed by atoms with van der Waals surface area (Å²) in [6.07, 6.45) is 1.56. The van der Waals surface area contributed by atoms with Gasteiger partial charge >= 0.3 is 0 Å². The molecule has 42 heavy (non-hydrogen) atoms. The van der Waals surface area contributed by atoms with Gasteiger partial charge in [0.25, 0.3) is 5.91 Å². The zero-order valence-electron chi connectivity index (χ0n) is 24.6. The predicted octanol–water partition coefficient (Wildman–Crippen LogP) is 2.19. The molecule has 0 aliphatic carbocycles. The lowest BCUT2D eigenvalue weighted by atomic mass is 9.94. The highest BCUT2D eigenvalue weighted by Gasteiger charge is 2.24. The van der Waals surface area contributed by atoms with E-state index in [9.17, 15) is 9.90 Å². The van der Waals surface area contributed by atoms with Crippen molar-refractivity contribution in [3.8, 4) is 5.75 Å². The van der Waals surface area contributed by atoms with E-state index in [0.29, 0.717) is 44.7 Å². The van der Waals surface area contributed by atoms with Gasteiger partial charge in [0.15, 0.2) is 12.2 Å². The molecule has 1 amide bonds. The van der Waals surface area contributed by atoms with Gasteiger partial charge in [-0.2, -0.15) is 18.5 Å². The Kier molecular flexibility index (Phi) is 10.7. The van der Waals surface area contributed by atoms with Gasteiger partial charge in [0.05, 0.1) is 31.1 Å². The molecule has 228 valence electrons. The maximum atomic E-state index is 13.0. The third-order valence-corrected chi connectivity index (χ3v) is 7.64. The number of benzene rings is 1. The average molecular weight is 600 g/mol. The number of carbonyl (C=O) groups is 1. The molecule has 1 atom stereocenters. The van der Waals surface area contributed by atoms with Crippen molar-refractivity contribution < 1.29 is 23.8 Å². The summed E-state index contributed by atoms with van der Waals surface area (Å²) in [6, 6.07) is 5.89. The van der Waals surface area contributed by atoms with Crippen LogP contribution in [0, 0.1) is 13.8 Å². The Labute approximate surface area is 253 Å². The Bertz CT molecular complexity index is 1370. The van der Waals surface area contributed by atoms with Crippen LogP contribution in [0.15, 0.2) is 29.0 Å². The van der Waals surface area contributed by atoms with Crippen molar-refractivity contribution >= 4 is 31.2 Å². The molecule has 2 aliphatic rings. The van der Waals surface area contributed by atoms with Crippen molar-refractivity contribution in [3.63, 3.8) is 0 Å². The number of nitrogens with one attached hydrogen (secondary N) is 2. The molecule has 13 heteroatoms. The van der Waals surface area contributed by atoms with Gasteiger partial charge in [-0.15, -0.1) is 0 Å². The summed E-state index contributed by atoms with van der Waals surface area (Å²) in [7, 11) is 1.88. The van der Waals surface area contributed by atoms with E-state index in [1.165, 1.54) is 17.5 Å². The SMILES string of the molecule is CCN(C)c1nc(NC2COC2)cc(C(=O)NC[C@H](O)CN2CCc3c(ccc(OCc4ocnc4C)c3C)C2)n1.S. The first kappa shape index (κ1) is 31.5. The molecule has 1 saturated heterocycles. The van der Waals surface area contributed by atoms with E-state index in [-0.39, 0.29) is 37.7 Å². The monoisotopic (exact) mass is 599 g/mol. The maximum absolute atomic E-state index is 13.0. The molecule has 2 aromatic heterocycles. The third kappa shape index (κ3) is 7.51. The topological polar surface area (TPSA) is 138 Å². The number of hydrogen-bond acceptors (Lipinski definition) is 11. The molecule has 0 saturated carbocycles. The fourth-order valence-electron chi connectivity index (χ4n) is 4.93. The van der Waals surface area contributed by atoms with Gasteiger partial charge in [-0.25, -0.2) is 9.97 Å². The number of hydrogen-bond donors (Lipinski definition) is 3. The first-order chi connectivity index (χ1) is 19.8. The molecule has 2 aliphatic heterocycles. The van der Waals surface area contributed by atoms with Gasteiger partial charge in [-0.1, -0.05) is 6.07 Å². The van der Waals surface area contributed by atoms with Crippen LogP contribution in [0.2, 0.25) is 0 Å². The van der Waals surface area contributed by atoms with E-state index in [1.54, 1.807) is 6.07 Å². The van der Waals surface area contributed by atoms with Crippen LogP contribution in [0.25, 0.3) is 0 Å². The first-order valence-corrected chi connectivity index (χ1v) is 14.1. The van der Waals surface area contributed by atoms with Gasteiger partial charge in [-0.05, 0) is 49.9 Å². The largest absolute Gasteiger partial charge is 0.485 e. The molecule has 5 rings (SSSR count). The van der Waals surface area contributed by atoms with Crippen LogP contribution in [0.4, 0.5) is 11.8 Å². The smallest absolute Gasteiger partial charge is 0.270 e. The van der Waals surface area contributed by atoms with Crippen molar-refractivity contribution in [3.05, 3.63) is 58.4 Å². The van der Waals surface area contributed by atoms with Crippen molar-refractivity contribution in [2.75, 3.05) is 56.7 Å². The number of fused-ring (bicyclic) bond motifs is 1. The van der Waals surface area contributed by atoms with E-state index in [1.807, 2.05) is 31.9 Å². The summed E-state index contributed by atoms with van der Waals surface area (Å²) < 4.78 is 16.6. The number of β-amino-alcohol motifs (C(OH)–C–C–N with tert-alkyl or cyclic N) is 1. The van der Waals surface area contributed by atoms with Gasteiger partial charge < -0.3 is 34.5 Å². The first-order valence-electron chi connectivity index (χ1n) is 14.1. The molecule has 3 N–H and O–H groups in total. The molecule has 0 unspecified atom stereocenters. The van der Waals surface area contributed by atoms with Gasteiger partial charge in [0, 0.05) is 45.8 Å². The lowest BCUT2D eigenvalue weighted by Gasteiger charge is -2.31. The van der Waals surface area contributed by atoms with E-state index in [4.69, 9.17) is 13.9 Å². The van der Waals surface area contributed by atoms with Gasteiger partial charge in [0.1, 0.15) is 23.9 Å². The normalized spacial score (nSPS) is 15.6. The highest BCUT2D eigenvalue weighted by Crippen LogP contribution is 2.30. The summed E-state index contributed by atoms with van der Waals surface area (Å²) in [5.74, 6) is 2.26. The second kappa shape index (κ2) is 14.2. The summed E-state index contributed by atoms with van der Waals surface area (Å²) >= 11 is 0. The molecule has 0 bridgehead atoms. The minimum Gasteiger partial charge on any atom is -0.485 e. The second-order valence-electron chi connectivity index (χ2n) is 10.7. The number of amides is 1. The average Bonchev–Trinajstić information content (AvgIpc) is 3.37. The Morgan fingerprint density at radius 2 is 2.10 bits per heavy atom. The number of nitrogens with zero attached hydrogens (tertiary/aromatic N) is 5. The molecular weight excluding hydrogens is 558 g/mol. The molecular formula is C29H41N7O5S. The van der Waals surface area contributed by atoms with E-state index in [2.05, 4.69) is 43.5 Å². The summed E-state index contributed by atoms with van der Waals surface area (Å²) in [4.78, 5) is 30.2. The number of aliphatic hydroxyl groups excluding tert-OH is 1. The molecule has 1 fully saturated rings. The van der Waals surface area contributed by atoms with E-state index >= 15 is 0 Å². The fraction of sp³-hybridized carbons (Fsp3) is 0.517. The Morgan fingerprint density at radius 3 is 2.79 bits per heavy atom. The zero-order valence-corrected chi connectivity index (χ0v) is 25.6. The van der Waals surface area contributed by atoms with Crippen LogP contribution >= 0.6 is 13.5 Å². The predicted molar refractivity (Wildman–Crippen MR) is 164 cm³/mol. The summed E-state index contributed by atoms with van der Waals surface area (Å²) in [6.45, 7) is 10.3. The maximum Gasteiger partial charge on any atom is 0.270 e. The number of carbonyl (C=O) groups excluding carboxylic acids is 1. The molecule has 1 aromatic carbocycles. The highest BCUT2D eigenvalue weighted by molar-refractivity contribution is 7.59. The summed E-state index contributed by atoms with van der Waals surface area (Å²) in [5.41, 5.74) is 4.72. The number of ether oxygens (including phenoxy) is 2. The van der Waals surface area contributed by atoms with Crippen LogP contribution < -0.4 is 20.3 Å². The van der Waals surface area contributed by atoms with Gasteiger partial charge in [0.2, 0.25) is 5.95 Å². The van der Waals surface area contributed by atoms with Crippen molar-refractivity contribution in [1.29, 1.82) is 0 Å². The lowest BCUT2D eigenvalue weighted by molar-refractivity contribution is 0.0209. The van der Waals surface area contributed by atoms with Crippen molar-refractivity contribution in [1.82, 2.24) is 25.2 Å². The number of rotatable bonds is 12. The number of aromatic nitrogens is 3. The van der Waals surface area contributed by atoms with E-state index in [0.717, 1.165) is 42.3 Å². The third-order valence-electron chi connectivity index (χ3n) is 7.64. The Balaban J connectivity index is 0.00000405. The standard InChI is InChI=1S/C29H39N7O5.H2S/c1-5-35(4)29-33-24(10-27(34-29)32-21-14-39-15-21)28(38)30-11-22(37)13-36-9-8-23-18(2)25(7-6-20(23)12-36)40-16-26-19(3)31-17-41-26;/h6-7,10,17,21-22,37H,5,8-9,11-16H2,1-4H3,(H,30,38)(H,32,33,34);1H2/t22-;/m0./s1.